The van der Waals surface area contributed by atoms with E-state index in [1.54, 1.807) is 6.07 Å². The van der Waals surface area contributed by atoms with Gasteiger partial charge in [-0.3, -0.25) is 0 Å². The van der Waals surface area contributed by atoms with E-state index in [9.17, 15) is 4.39 Å². The molecule has 0 spiro atoms. The zero-order valence-electron chi connectivity index (χ0n) is 8.04. The number of halogens is 1. The zero-order chi connectivity index (χ0) is 9.97. The lowest BCUT2D eigenvalue weighted by molar-refractivity contribution is 0.282. The highest BCUT2D eigenvalue weighted by Crippen LogP contribution is 2.25. The van der Waals surface area contributed by atoms with Gasteiger partial charge in [0.2, 0.25) is 0 Å². The first-order valence-corrected chi connectivity index (χ1v) is 4.95. The fraction of sp³-hybridized carbons (Fsp3) is 0.455. The van der Waals surface area contributed by atoms with Crippen LogP contribution in [0.3, 0.4) is 0 Å². The molecule has 0 atom stereocenters. The van der Waals surface area contributed by atoms with Crippen LogP contribution in [0.4, 0.5) is 10.1 Å². The summed E-state index contributed by atoms with van der Waals surface area (Å²) in [4.78, 5) is 2.13. The number of hydrogen-bond donors (Lipinski definition) is 1. The minimum atomic E-state index is -0.232. The number of benzene rings is 1. The standard InChI is InChI=1S/C11H14FNO/c12-10-4-3-9(8-14)11(7-10)13-5-1-2-6-13/h3-4,7,14H,1-2,5-6,8H2. The summed E-state index contributed by atoms with van der Waals surface area (Å²) in [5.41, 5.74) is 1.67. The molecule has 1 heterocycles. The van der Waals surface area contributed by atoms with E-state index in [0.29, 0.717) is 0 Å². The number of nitrogens with zero attached hydrogens (tertiary/aromatic N) is 1. The second-order valence-corrected chi connectivity index (χ2v) is 3.63. The first-order chi connectivity index (χ1) is 6.81. The number of rotatable bonds is 2. The minimum absolute atomic E-state index is 0.0217. The van der Waals surface area contributed by atoms with Gasteiger partial charge in [-0.05, 0) is 25.0 Å². The average molecular weight is 195 g/mol. The second-order valence-electron chi connectivity index (χ2n) is 3.63. The molecule has 1 N–H and O–H groups in total. The molecule has 0 amide bonds. The van der Waals surface area contributed by atoms with Crippen molar-refractivity contribution in [2.45, 2.75) is 19.4 Å². The average Bonchev–Trinajstić information content (AvgIpc) is 2.70. The van der Waals surface area contributed by atoms with E-state index in [2.05, 4.69) is 4.90 Å². The topological polar surface area (TPSA) is 23.5 Å². The summed E-state index contributed by atoms with van der Waals surface area (Å²) in [7, 11) is 0. The van der Waals surface area contributed by atoms with Crippen LogP contribution in [0.2, 0.25) is 0 Å². The third-order valence-corrected chi connectivity index (χ3v) is 2.66. The Labute approximate surface area is 83.0 Å². The molecule has 1 aliphatic heterocycles. The first kappa shape index (κ1) is 9.46. The Morgan fingerprint density at radius 1 is 1.29 bits per heavy atom. The fourth-order valence-electron chi connectivity index (χ4n) is 1.92. The molecule has 0 unspecified atom stereocenters. The summed E-state index contributed by atoms with van der Waals surface area (Å²) in [5, 5.41) is 9.12. The van der Waals surface area contributed by atoms with Crippen LogP contribution in [0.15, 0.2) is 18.2 Å². The van der Waals surface area contributed by atoms with Gasteiger partial charge in [-0.15, -0.1) is 0 Å². The molecular weight excluding hydrogens is 181 g/mol. The van der Waals surface area contributed by atoms with Crippen molar-refractivity contribution in [2.75, 3.05) is 18.0 Å². The highest BCUT2D eigenvalue weighted by Gasteiger charge is 2.15. The number of hydrogen-bond acceptors (Lipinski definition) is 2. The fourth-order valence-corrected chi connectivity index (χ4v) is 1.92. The van der Waals surface area contributed by atoms with E-state index in [0.717, 1.165) is 37.2 Å². The van der Waals surface area contributed by atoms with Crippen LogP contribution >= 0.6 is 0 Å². The smallest absolute Gasteiger partial charge is 0.125 e. The van der Waals surface area contributed by atoms with Gasteiger partial charge in [0.05, 0.1) is 6.61 Å². The van der Waals surface area contributed by atoms with Crippen LogP contribution in [0, 0.1) is 5.82 Å². The second kappa shape index (κ2) is 3.96. The lowest BCUT2D eigenvalue weighted by atomic mass is 10.1. The summed E-state index contributed by atoms with van der Waals surface area (Å²) in [6, 6.07) is 4.56. The van der Waals surface area contributed by atoms with Crippen molar-refractivity contribution in [3.05, 3.63) is 29.6 Å². The molecule has 2 rings (SSSR count). The molecule has 0 bridgehead atoms. The number of aliphatic hydroxyl groups is 1. The molecule has 1 aliphatic rings. The van der Waals surface area contributed by atoms with Crippen molar-refractivity contribution in [1.82, 2.24) is 0 Å². The Balaban J connectivity index is 2.33. The maximum atomic E-state index is 13.0. The Morgan fingerprint density at radius 2 is 2.00 bits per heavy atom. The molecule has 14 heavy (non-hydrogen) atoms. The highest BCUT2D eigenvalue weighted by atomic mass is 19.1. The third kappa shape index (κ3) is 1.73. The van der Waals surface area contributed by atoms with Crippen LogP contribution in [0.25, 0.3) is 0 Å². The van der Waals surface area contributed by atoms with Crippen molar-refractivity contribution in [3.8, 4) is 0 Å². The van der Waals surface area contributed by atoms with Crippen LogP contribution in [0.1, 0.15) is 18.4 Å². The maximum absolute atomic E-state index is 13.0. The van der Waals surface area contributed by atoms with Gasteiger partial charge < -0.3 is 10.0 Å². The lowest BCUT2D eigenvalue weighted by Gasteiger charge is -2.20. The zero-order valence-corrected chi connectivity index (χ0v) is 8.04. The van der Waals surface area contributed by atoms with E-state index < -0.39 is 0 Å². The van der Waals surface area contributed by atoms with E-state index in [4.69, 9.17) is 5.11 Å². The molecule has 76 valence electrons. The molecule has 1 aromatic carbocycles. The Bertz CT molecular complexity index is 321. The van der Waals surface area contributed by atoms with Gasteiger partial charge in [0.25, 0.3) is 0 Å². The van der Waals surface area contributed by atoms with Crippen molar-refractivity contribution >= 4 is 5.69 Å². The van der Waals surface area contributed by atoms with Crippen molar-refractivity contribution in [1.29, 1.82) is 0 Å². The van der Waals surface area contributed by atoms with Gasteiger partial charge in [-0.25, -0.2) is 4.39 Å². The summed E-state index contributed by atoms with van der Waals surface area (Å²) >= 11 is 0. The SMILES string of the molecule is OCc1ccc(F)cc1N1CCCC1. The molecule has 2 nitrogen and oxygen atoms in total. The van der Waals surface area contributed by atoms with Crippen LogP contribution in [-0.2, 0) is 6.61 Å². The molecule has 0 saturated carbocycles. The van der Waals surface area contributed by atoms with Gasteiger partial charge in [-0.2, -0.15) is 0 Å². The predicted molar refractivity (Wildman–Crippen MR) is 53.8 cm³/mol. The summed E-state index contributed by atoms with van der Waals surface area (Å²) in [6.45, 7) is 1.92. The van der Waals surface area contributed by atoms with Crippen LogP contribution in [-0.4, -0.2) is 18.2 Å². The quantitative estimate of drug-likeness (QED) is 0.779. The van der Waals surface area contributed by atoms with Gasteiger partial charge in [0, 0.05) is 24.3 Å². The number of anilines is 1. The van der Waals surface area contributed by atoms with Crippen LogP contribution in [0.5, 0.6) is 0 Å². The summed E-state index contributed by atoms with van der Waals surface area (Å²) in [5.74, 6) is -0.232. The maximum Gasteiger partial charge on any atom is 0.125 e. The molecule has 1 aromatic rings. The minimum Gasteiger partial charge on any atom is -0.392 e. The summed E-state index contributed by atoms with van der Waals surface area (Å²) < 4.78 is 13.0. The third-order valence-electron chi connectivity index (χ3n) is 2.66. The molecule has 0 radical (unpaired) electrons. The predicted octanol–water partition coefficient (Wildman–Crippen LogP) is 1.92. The van der Waals surface area contributed by atoms with E-state index in [1.165, 1.54) is 12.1 Å². The van der Waals surface area contributed by atoms with Crippen molar-refractivity contribution in [3.63, 3.8) is 0 Å². The Morgan fingerprint density at radius 3 is 2.64 bits per heavy atom. The Kier molecular flexibility index (Phi) is 2.68. The normalized spacial score (nSPS) is 16.3. The van der Waals surface area contributed by atoms with Crippen LogP contribution < -0.4 is 4.90 Å². The van der Waals surface area contributed by atoms with E-state index >= 15 is 0 Å². The van der Waals surface area contributed by atoms with Gasteiger partial charge in [0.1, 0.15) is 5.82 Å². The molecular formula is C11H14FNO. The van der Waals surface area contributed by atoms with E-state index in [-0.39, 0.29) is 12.4 Å². The molecule has 3 heteroatoms. The lowest BCUT2D eigenvalue weighted by Crippen LogP contribution is -2.19. The Hall–Kier alpha value is -1.09. The number of aliphatic hydroxyl groups excluding tert-OH is 1. The van der Waals surface area contributed by atoms with Crippen molar-refractivity contribution < 1.29 is 9.50 Å². The van der Waals surface area contributed by atoms with Gasteiger partial charge >= 0.3 is 0 Å². The van der Waals surface area contributed by atoms with Crippen molar-refractivity contribution in [2.24, 2.45) is 0 Å². The summed E-state index contributed by atoms with van der Waals surface area (Å²) in [6.07, 6.45) is 2.31. The molecule has 0 aromatic heterocycles. The largest absolute Gasteiger partial charge is 0.392 e. The highest BCUT2D eigenvalue weighted by molar-refractivity contribution is 5.54. The molecule has 1 saturated heterocycles. The molecule has 0 aliphatic carbocycles. The first-order valence-electron chi connectivity index (χ1n) is 4.95. The monoisotopic (exact) mass is 195 g/mol. The van der Waals surface area contributed by atoms with E-state index in [1.807, 2.05) is 0 Å². The molecule has 1 fully saturated rings. The van der Waals surface area contributed by atoms with Gasteiger partial charge in [0.15, 0.2) is 0 Å². The van der Waals surface area contributed by atoms with Gasteiger partial charge in [-0.1, -0.05) is 6.07 Å².